The Morgan fingerprint density at radius 3 is 1.14 bits per heavy atom. The molecule has 38 valence electrons. The molecule has 0 aliphatic carbocycles. The maximum atomic E-state index is 7.56. The van der Waals surface area contributed by atoms with Gasteiger partial charge in [-0.25, -0.2) is 0 Å². The summed E-state index contributed by atoms with van der Waals surface area (Å²) in [6.45, 7) is -3.81. The third-order valence-corrected chi connectivity index (χ3v) is 0. The molecule has 0 rings (SSSR count). The van der Waals surface area contributed by atoms with Crippen molar-refractivity contribution in [1.29, 1.82) is 0 Å². The topological polar surface area (TPSA) is 60.7 Å². The van der Waals surface area contributed by atoms with Crippen molar-refractivity contribution in [3.05, 3.63) is 0 Å². The van der Waals surface area contributed by atoms with Gasteiger partial charge in [0.25, 0.3) is 0 Å². The third kappa shape index (κ3) is 88.4. The fourth-order valence-electron chi connectivity index (χ4n) is 0. The van der Waals surface area contributed by atoms with Gasteiger partial charge in [-0.1, -0.05) is 0 Å². The van der Waals surface area contributed by atoms with Gasteiger partial charge in [-0.05, 0) is 11.8 Å². The molecular formula is H4GeLiO3PS. The van der Waals surface area contributed by atoms with Crippen molar-refractivity contribution in [2.75, 3.05) is 0 Å². The molecular weight excluding hydrogens is 191 g/mol. The van der Waals surface area contributed by atoms with E-state index in [4.69, 9.17) is 14.7 Å². The van der Waals surface area contributed by atoms with E-state index < -0.39 is 6.72 Å². The van der Waals surface area contributed by atoms with Crippen molar-refractivity contribution in [1.82, 2.24) is 0 Å². The van der Waals surface area contributed by atoms with Gasteiger partial charge in [0.15, 0.2) is 0 Å². The molecule has 3 nitrogen and oxygen atoms in total. The molecule has 0 saturated carbocycles. The molecule has 0 atom stereocenters. The molecule has 0 aliphatic heterocycles. The molecule has 7 heteroatoms. The second-order valence-electron chi connectivity index (χ2n) is 0.513. The van der Waals surface area contributed by atoms with Crippen LogP contribution in [0.25, 0.3) is 0 Å². The molecule has 0 fully saturated rings. The van der Waals surface area contributed by atoms with Gasteiger partial charge in [-0.3, -0.25) is 0 Å². The quantitative estimate of drug-likeness (QED) is 0.313. The fraction of sp³-hybridized carbons (Fsp3) is 0. The van der Waals surface area contributed by atoms with Gasteiger partial charge in [-0.2, -0.15) is 0 Å². The van der Waals surface area contributed by atoms with Crippen molar-refractivity contribution >= 4 is 55.0 Å². The molecule has 0 aromatic carbocycles. The SMILES string of the molecule is OP(O)(O)=S.[Ge].[LiH]. The second kappa shape index (κ2) is 5.80. The van der Waals surface area contributed by atoms with E-state index >= 15 is 0 Å². The predicted octanol–water partition coefficient (Wildman–Crippen LogP) is -1.84. The molecule has 0 saturated heterocycles. The van der Waals surface area contributed by atoms with Gasteiger partial charge >= 0.3 is 25.6 Å². The summed E-state index contributed by atoms with van der Waals surface area (Å²) in [5.74, 6) is 0. The van der Waals surface area contributed by atoms with Crippen LogP contribution in [0.1, 0.15) is 0 Å². The number of rotatable bonds is 0. The fourth-order valence-corrected chi connectivity index (χ4v) is 0. The molecule has 0 unspecified atom stereocenters. The summed E-state index contributed by atoms with van der Waals surface area (Å²) in [4.78, 5) is 22.7. The number of hydrogen-bond donors (Lipinski definition) is 3. The van der Waals surface area contributed by atoms with E-state index in [0.717, 1.165) is 0 Å². The van der Waals surface area contributed by atoms with Crippen molar-refractivity contribution in [3.63, 3.8) is 0 Å². The second-order valence-corrected chi connectivity index (χ2v) is 3.01. The van der Waals surface area contributed by atoms with E-state index in [1.165, 1.54) is 0 Å². The normalized spacial score (nSPS) is 8.43. The summed E-state index contributed by atoms with van der Waals surface area (Å²) in [7, 11) is 0. The Labute approximate surface area is 69.5 Å². The molecule has 0 bridgehead atoms. The van der Waals surface area contributed by atoms with Crippen molar-refractivity contribution in [3.8, 4) is 0 Å². The van der Waals surface area contributed by atoms with Gasteiger partial charge in [0.05, 0.1) is 0 Å². The molecule has 7 heavy (non-hydrogen) atoms. The summed E-state index contributed by atoms with van der Waals surface area (Å²) in [5, 5.41) is 0. The van der Waals surface area contributed by atoms with E-state index in [1.54, 1.807) is 0 Å². The minimum absolute atomic E-state index is 0. The van der Waals surface area contributed by atoms with Crippen LogP contribution in [-0.4, -0.2) is 51.1 Å². The Bertz CT molecular complexity index is 61.1. The van der Waals surface area contributed by atoms with Gasteiger partial charge in [0.2, 0.25) is 0 Å². The molecule has 3 N–H and O–H groups in total. The minimum atomic E-state index is -3.81. The predicted molar refractivity (Wildman–Crippen MR) is 33.8 cm³/mol. The van der Waals surface area contributed by atoms with Gasteiger partial charge in [0, 0.05) is 17.6 Å². The summed E-state index contributed by atoms with van der Waals surface area (Å²) >= 11 is 3.60. The van der Waals surface area contributed by atoms with Crippen LogP contribution >= 0.6 is 6.72 Å². The zero-order chi connectivity index (χ0) is 4.50. The van der Waals surface area contributed by atoms with Crippen LogP contribution in [0.4, 0.5) is 0 Å². The summed E-state index contributed by atoms with van der Waals surface area (Å²) in [6, 6.07) is 0. The monoisotopic (exact) mass is 196 g/mol. The van der Waals surface area contributed by atoms with Crippen molar-refractivity contribution in [2.24, 2.45) is 0 Å². The molecule has 0 amide bonds. The third-order valence-electron chi connectivity index (χ3n) is 0. The average molecular weight is 195 g/mol. The average Bonchev–Trinajstić information content (AvgIpc) is 0.722. The zero-order valence-electron chi connectivity index (χ0n) is 2.70. The Morgan fingerprint density at radius 1 is 1.14 bits per heavy atom. The molecule has 0 spiro atoms. The Balaban J connectivity index is -0.0000000800. The summed E-state index contributed by atoms with van der Waals surface area (Å²) < 4.78 is 0. The maximum absolute atomic E-state index is 7.56. The van der Waals surface area contributed by atoms with Crippen LogP contribution in [0.2, 0.25) is 0 Å². The molecule has 0 heterocycles. The Hall–Kier alpha value is 1.67. The van der Waals surface area contributed by atoms with Crippen LogP contribution < -0.4 is 0 Å². The van der Waals surface area contributed by atoms with E-state index in [0.29, 0.717) is 0 Å². The first-order chi connectivity index (χ1) is 2.00. The van der Waals surface area contributed by atoms with E-state index in [9.17, 15) is 0 Å². The van der Waals surface area contributed by atoms with E-state index in [1.807, 2.05) is 0 Å². The zero-order valence-corrected chi connectivity index (χ0v) is 6.51. The molecule has 0 aromatic heterocycles. The number of hydrogen-bond acceptors (Lipinski definition) is 1. The van der Waals surface area contributed by atoms with Crippen LogP contribution in [0.15, 0.2) is 0 Å². The van der Waals surface area contributed by atoms with Crippen LogP contribution in [0.5, 0.6) is 0 Å². The first-order valence-corrected chi connectivity index (χ1v) is 3.44. The van der Waals surface area contributed by atoms with Gasteiger partial charge < -0.3 is 14.7 Å². The van der Waals surface area contributed by atoms with E-state index in [2.05, 4.69) is 11.8 Å². The first-order valence-electron chi connectivity index (χ1n) is 0.783. The molecule has 0 aromatic rings. The first kappa shape index (κ1) is 15.9. The van der Waals surface area contributed by atoms with E-state index in [-0.39, 0.29) is 36.5 Å². The molecule has 0 aliphatic rings. The molecule has 4 radical (unpaired) electrons. The van der Waals surface area contributed by atoms with Crippen LogP contribution in [0, 0.1) is 0 Å². The summed E-state index contributed by atoms with van der Waals surface area (Å²) in [5.41, 5.74) is 0. The van der Waals surface area contributed by atoms with Crippen molar-refractivity contribution in [2.45, 2.75) is 0 Å². The van der Waals surface area contributed by atoms with Crippen molar-refractivity contribution < 1.29 is 14.7 Å². The van der Waals surface area contributed by atoms with Gasteiger partial charge in [0.1, 0.15) is 0 Å². The Kier molecular flexibility index (Phi) is 13.1. The van der Waals surface area contributed by atoms with Crippen LogP contribution in [-0.2, 0) is 11.8 Å². The van der Waals surface area contributed by atoms with Gasteiger partial charge in [-0.15, -0.1) is 0 Å². The summed E-state index contributed by atoms with van der Waals surface area (Å²) in [6.07, 6.45) is 0. The Morgan fingerprint density at radius 2 is 1.14 bits per heavy atom. The van der Waals surface area contributed by atoms with Crippen LogP contribution in [0.3, 0.4) is 0 Å². The standard InChI is InChI=1S/Ge.Li.H3O3PS.H/c;;1-4(2,3)5;/h;;(H3,1,2,3,5);.